The van der Waals surface area contributed by atoms with Crippen molar-refractivity contribution in [3.05, 3.63) is 28.7 Å². The van der Waals surface area contributed by atoms with Crippen LogP contribution in [0.4, 0.5) is 0 Å². The van der Waals surface area contributed by atoms with Crippen LogP contribution in [0.2, 0.25) is 0 Å². The Kier molecular flexibility index (Phi) is 5.86. The van der Waals surface area contributed by atoms with E-state index < -0.39 is 10.0 Å². The van der Waals surface area contributed by atoms with Crippen LogP contribution in [0.15, 0.2) is 33.6 Å². The van der Waals surface area contributed by atoms with Gasteiger partial charge in [-0.1, -0.05) is 12.1 Å². The smallest absolute Gasteiger partial charge is 0.244 e. The molecule has 1 aliphatic heterocycles. The number of alkyl halides is 1. The van der Waals surface area contributed by atoms with Crippen LogP contribution in [-0.4, -0.2) is 44.4 Å². The van der Waals surface area contributed by atoms with E-state index in [1.165, 1.54) is 4.31 Å². The molecule has 2 rings (SSSR count). The van der Waals surface area contributed by atoms with Crippen molar-refractivity contribution in [1.82, 2.24) is 4.31 Å². The van der Waals surface area contributed by atoms with Crippen molar-refractivity contribution in [2.45, 2.75) is 23.8 Å². The Balaban J connectivity index is 2.04. The maximum atomic E-state index is 12.6. The fourth-order valence-electron chi connectivity index (χ4n) is 2.24. The number of hydrogen-bond donors (Lipinski definition) is 0. The van der Waals surface area contributed by atoms with Gasteiger partial charge in [0, 0.05) is 23.4 Å². The molecule has 0 aromatic heterocycles. The highest BCUT2D eigenvalue weighted by molar-refractivity contribution is 9.10. The number of ether oxygens (including phenoxy) is 1. The highest BCUT2D eigenvalue weighted by atomic mass is 79.9. The molecule has 20 heavy (non-hydrogen) atoms. The van der Waals surface area contributed by atoms with Crippen LogP contribution in [0.5, 0.6) is 0 Å². The highest BCUT2D eigenvalue weighted by Crippen LogP contribution is 2.27. The number of benzene rings is 1. The van der Waals surface area contributed by atoms with E-state index in [1.807, 2.05) is 0 Å². The zero-order valence-corrected chi connectivity index (χ0v) is 14.1. The van der Waals surface area contributed by atoms with E-state index in [4.69, 9.17) is 16.3 Å². The normalized spacial score (nSPS) is 18.3. The lowest BCUT2D eigenvalue weighted by Crippen LogP contribution is -2.41. The van der Waals surface area contributed by atoms with Gasteiger partial charge in [-0.3, -0.25) is 0 Å². The van der Waals surface area contributed by atoms with Crippen molar-refractivity contribution >= 4 is 37.6 Å². The van der Waals surface area contributed by atoms with Gasteiger partial charge in [-0.15, -0.1) is 11.6 Å². The van der Waals surface area contributed by atoms with Crippen LogP contribution in [0.25, 0.3) is 0 Å². The standard InChI is InChI=1S/C13H17BrClNO3S/c14-12-3-1-2-4-13(12)20(17,18)16-8-5-11(6-9-16)19-10-7-15/h1-4,11H,5-10H2. The lowest BCUT2D eigenvalue weighted by molar-refractivity contribution is 0.0301. The molecule has 0 N–H and O–H groups in total. The molecule has 1 aromatic carbocycles. The Morgan fingerprint density at radius 1 is 1.30 bits per heavy atom. The summed E-state index contributed by atoms with van der Waals surface area (Å²) in [5, 5.41) is 0. The van der Waals surface area contributed by atoms with Gasteiger partial charge in [-0.25, -0.2) is 8.42 Å². The van der Waals surface area contributed by atoms with Gasteiger partial charge < -0.3 is 4.74 Å². The summed E-state index contributed by atoms with van der Waals surface area (Å²) >= 11 is 8.88. The van der Waals surface area contributed by atoms with Gasteiger partial charge in [0.1, 0.15) is 0 Å². The first-order valence-corrected chi connectivity index (χ1v) is 9.24. The fourth-order valence-corrected chi connectivity index (χ4v) is 4.77. The number of halogens is 2. The first-order valence-electron chi connectivity index (χ1n) is 6.48. The van der Waals surface area contributed by atoms with Crippen LogP contribution in [0, 0.1) is 0 Å². The minimum absolute atomic E-state index is 0.111. The van der Waals surface area contributed by atoms with Gasteiger partial charge in [-0.05, 0) is 40.9 Å². The van der Waals surface area contributed by atoms with Crippen LogP contribution >= 0.6 is 27.5 Å². The molecule has 0 radical (unpaired) electrons. The summed E-state index contributed by atoms with van der Waals surface area (Å²) in [5.41, 5.74) is 0. The predicted octanol–water partition coefficient (Wildman–Crippen LogP) is 2.86. The first-order chi connectivity index (χ1) is 9.55. The number of hydrogen-bond acceptors (Lipinski definition) is 3. The van der Waals surface area contributed by atoms with Gasteiger partial charge in [0.2, 0.25) is 10.0 Å². The van der Waals surface area contributed by atoms with E-state index in [1.54, 1.807) is 24.3 Å². The minimum Gasteiger partial charge on any atom is -0.377 e. The molecule has 0 saturated carbocycles. The van der Waals surface area contributed by atoms with Gasteiger partial charge in [0.05, 0.1) is 17.6 Å². The molecule has 0 aliphatic carbocycles. The maximum absolute atomic E-state index is 12.6. The lowest BCUT2D eigenvalue weighted by Gasteiger charge is -2.31. The quantitative estimate of drug-likeness (QED) is 0.736. The van der Waals surface area contributed by atoms with Crippen molar-refractivity contribution in [2.24, 2.45) is 0 Å². The Morgan fingerprint density at radius 2 is 1.95 bits per heavy atom. The van der Waals surface area contributed by atoms with Gasteiger partial charge in [0.25, 0.3) is 0 Å². The second-order valence-corrected chi connectivity index (χ2v) is 7.73. The Bertz CT molecular complexity index is 544. The minimum atomic E-state index is -3.43. The largest absolute Gasteiger partial charge is 0.377 e. The molecule has 1 heterocycles. The number of piperidine rings is 1. The van der Waals surface area contributed by atoms with E-state index in [9.17, 15) is 8.42 Å². The highest BCUT2D eigenvalue weighted by Gasteiger charge is 2.30. The third-order valence-corrected chi connectivity index (χ3v) is 6.35. The summed E-state index contributed by atoms with van der Waals surface area (Å²) in [5.74, 6) is 0.468. The van der Waals surface area contributed by atoms with Crippen molar-refractivity contribution < 1.29 is 13.2 Å². The summed E-state index contributed by atoms with van der Waals surface area (Å²) in [7, 11) is -3.43. The lowest BCUT2D eigenvalue weighted by atomic mass is 10.1. The molecule has 0 spiro atoms. The third kappa shape index (κ3) is 3.74. The van der Waals surface area contributed by atoms with Gasteiger partial charge >= 0.3 is 0 Å². The van der Waals surface area contributed by atoms with Crippen LogP contribution in [0.3, 0.4) is 0 Å². The summed E-state index contributed by atoms with van der Waals surface area (Å²) in [4.78, 5) is 0.320. The summed E-state index contributed by atoms with van der Waals surface area (Å²) in [6.07, 6.45) is 1.53. The van der Waals surface area contributed by atoms with Gasteiger partial charge in [0.15, 0.2) is 0 Å². The maximum Gasteiger partial charge on any atom is 0.244 e. The van der Waals surface area contributed by atoms with Crippen LogP contribution in [0.1, 0.15) is 12.8 Å². The molecule has 1 aliphatic rings. The predicted molar refractivity (Wildman–Crippen MR) is 82.6 cm³/mol. The summed E-state index contributed by atoms with van der Waals surface area (Å²) < 4.78 is 32.8. The van der Waals surface area contributed by atoms with Crippen molar-refractivity contribution in [2.75, 3.05) is 25.6 Å². The fraction of sp³-hybridized carbons (Fsp3) is 0.538. The van der Waals surface area contributed by atoms with E-state index in [-0.39, 0.29) is 6.10 Å². The molecular formula is C13H17BrClNO3S. The zero-order chi connectivity index (χ0) is 14.6. The Morgan fingerprint density at radius 3 is 2.55 bits per heavy atom. The third-order valence-electron chi connectivity index (χ3n) is 3.29. The second-order valence-electron chi connectivity index (χ2n) is 4.59. The monoisotopic (exact) mass is 381 g/mol. The summed E-state index contributed by atoms with van der Waals surface area (Å²) in [6, 6.07) is 6.89. The topological polar surface area (TPSA) is 46.6 Å². The van der Waals surface area contributed by atoms with E-state index in [2.05, 4.69) is 15.9 Å². The number of rotatable bonds is 5. The molecule has 0 amide bonds. The first kappa shape index (κ1) is 16.2. The van der Waals surface area contributed by atoms with E-state index in [0.717, 1.165) is 0 Å². The molecule has 7 heteroatoms. The molecule has 1 aromatic rings. The number of nitrogens with zero attached hydrogens (tertiary/aromatic N) is 1. The SMILES string of the molecule is O=S(=O)(c1ccccc1Br)N1CCC(OCCCl)CC1. The molecule has 0 unspecified atom stereocenters. The average Bonchev–Trinajstić information content (AvgIpc) is 2.46. The molecule has 112 valence electrons. The van der Waals surface area contributed by atoms with Crippen LogP contribution < -0.4 is 0 Å². The van der Waals surface area contributed by atoms with Gasteiger partial charge in [-0.2, -0.15) is 4.31 Å². The Hall–Kier alpha value is -0.140. The zero-order valence-electron chi connectivity index (χ0n) is 11.0. The molecule has 4 nitrogen and oxygen atoms in total. The molecule has 1 fully saturated rings. The van der Waals surface area contributed by atoms with Crippen molar-refractivity contribution in [3.63, 3.8) is 0 Å². The molecule has 0 bridgehead atoms. The van der Waals surface area contributed by atoms with Crippen molar-refractivity contribution in [3.8, 4) is 0 Å². The average molecular weight is 383 g/mol. The van der Waals surface area contributed by atoms with Crippen molar-refractivity contribution in [1.29, 1.82) is 0 Å². The Labute approximate surface area is 133 Å². The van der Waals surface area contributed by atoms with E-state index >= 15 is 0 Å². The number of sulfonamides is 1. The molecule has 1 saturated heterocycles. The van der Waals surface area contributed by atoms with E-state index in [0.29, 0.717) is 47.8 Å². The second kappa shape index (κ2) is 7.22. The molecule has 0 atom stereocenters. The molecular weight excluding hydrogens is 366 g/mol. The summed E-state index contributed by atoms with van der Waals surface area (Å²) in [6.45, 7) is 1.48. The van der Waals surface area contributed by atoms with Crippen LogP contribution in [-0.2, 0) is 14.8 Å².